The van der Waals surface area contributed by atoms with E-state index in [1.54, 1.807) is 13.2 Å². The Morgan fingerprint density at radius 3 is 0.714 bits per heavy atom. The fraction of sp³-hybridized carbons (Fsp3) is 1.00. The molecule has 0 radical (unpaired) electrons. The van der Waals surface area contributed by atoms with Crippen LogP contribution in [-0.2, 0) is 0 Å². The Morgan fingerprint density at radius 1 is 0.476 bits per heavy atom. The van der Waals surface area contributed by atoms with Crippen molar-refractivity contribution in [3.05, 3.63) is 0 Å². The fourth-order valence-corrected chi connectivity index (χ4v) is 13.9. The minimum absolute atomic E-state index is 0.397. The van der Waals surface area contributed by atoms with Crippen LogP contribution in [0, 0.1) is 0 Å². The van der Waals surface area contributed by atoms with Crippen molar-refractivity contribution in [2.24, 2.45) is 0 Å². The second-order valence-corrected chi connectivity index (χ2v) is 28.9. The number of hydrogen-bond acceptors (Lipinski definition) is 3. The van der Waals surface area contributed by atoms with Crippen molar-refractivity contribution >= 4 is 139 Å². The maximum absolute atomic E-state index is 6.19. The summed E-state index contributed by atoms with van der Waals surface area (Å²) in [4.78, 5) is 0. The third-order valence-corrected chi connectivity index (χ3v) is 12.6. The first kappa shape index (κ1) is 22.4. The van der Waals surface area contributed by atoms with Gasteiger partial charge in [-0.15, -0.1) is 99.7 Å². The lowest BCUT2D eigenvalue weighted by atomic mass is 9.51. The molecule has 1 aliphatic heterocycles. The van der Waals surface area contributed by atoms with Gasteiger partial charge in [-0.3, -0.25) is 0 Å². The summed E-state index contributed by atoms with van der Waals surface area (Å²) in [5, 5.41) is 0. The molecule has 1 rings (SSSR count). The average Bonchev–Trinajstić information content (AvgIpc) is 2.07. The molecule has 0 bridgehead atoms. The maximum Gasteiger partial charge on any atom is 0.404 e. The molecule has 1 aliphatic rings. The SMILES string of the molecule is CB1N([Si](Cl)(Cl)Cl)B(C)N([Si](Cl)(Cl)Cl)B(C)N1[Si](Cl)(Cl)Cl. The quantitative estimate of drug-likeness (QED) is 0.392. The molecule has 1 fully saturated rings. The number of hydrogen-bond donors (Lipinski definition) is 0. The van der Waals surface area contributed by atoms with Gasteiger partial charge in [-0.1, -0.05) is 20.5 Å². The molecule has 0 atom stereocenters. The van der Waals surface area contributed by atoms with E-state index in [0.29, 0.717) is 0 Å². The van der Waals surface area contributed by atoms with E-state index >= 15 is 0 Å². The van der Waals surface area contributed by atoms with E-state index in [1.165, 1.54) is 0 Å². The molecule has 0 unspecified atom stereocenters. The molecule has 0 aromatic rings. The minimum Gasteiger partial charge on any atom is -0.344 e. The Bertz CT molecular complexity index is 319. The Kier molecular flexibility index (Phi) is 8.02. The lowest BCUT2D eigenvalue weighted by molar-refractivity contribution is 0.730. The number of nitrogens with zero attached hydrogens (tertiary/aromatic N) is 3. The predicted molar refractivity (Wildman–Crippen MR) is 110 cm³/mol. The Hall–Kier alpha value is 3.34. The van der Waals surface area contributed by atoms with Crippen molar-refractivity contribution in [2.75, 3.05) is 0 Å². The molecule has 0 saturated carbocycles. The Balaban J connectivity index is 3.38. The first-order chi connectivity index (χ1) is 9.10. The van der Waals surface area contributed by atoms with E-state index in [4.69, 9.17) is 99.7 Å². The van der Waals surface area contributed by atoms with Crippen LogP contribution in [0.25, 0.3) is 0 Å². The molecule has 0 spiro atoms. The highest BCUT2D eigenvalue weighted by Gasteiger charge is 2.62. The van der Waals surface area contributed by atoms with Crippen LogP contribution >= 0.6 is 99.7 Å². The van der Waals surface area contributed by atoms with Gasteiger partial charge >= 0.3 is 18.5 Å². The van der Waals surface area contributed by atoms with E-state index in [-0.39, 0.29) is 0 Å². The maximum atomic E-state index is 6.19. The van der Waals surface area contributed by atoms with Gasteiger partial charge in [-0.05, 0) is 0 Å². The molecule has 3 nitrogen and oxygen atoms in total. The summed E-state index contributed by atoms with van der Waals surface area (Å²) in [5.41, 5.74) is 0. The molecule has 0 N–H and O–H groups in total. The van der Waals surface area contributed by atoms with Crippen molar-refractivity contribution in [1.82, 2.24) is 13.2 Å². The Morgan fingerprint density at radius 2 is 0.619 bits per heavy atom. The van der Waals surface area contributed by atoms with Crippen molar-refractivity contribution in [2.45, 2.75) is 20.5 Å². The standard InChI is InChI=1S/C3H9B3Cl9N3Si3/c1-4-16(19(7,8)9)5(2)18(21(13,14)15)6(3)17(4)20(10,11)12/h1-3H3. The van der Waals surface area contributed by atoms with Gasteiger partial charge in [-0.25, -0.2) is 0 Å². The molecular formula is C3H9B3Cl9N3Si3. The third-order valence-electron chi connectivity index (χ3n) is 3.29. The molecule has 1 heterocycles. The normalized spacial score (nSPS) is 21.4. The second kappa shape index (κ2) is 7.52. The van der Waals surface area contributed by atoms with Crippen LogP contribution in [-0.4, -0.2) is 52.6 Å². The summed E-state index contributed by atoms with van der Waals surface area (Å²) in [7, 11) is 0. The number of rotatable bonds is 3. The average molecular weight is 523 g/mol. The van der Waals surface area contributed by atoms with Crippen LogP contribution in [0.1, 0.15) is 0 Å². The minimum atomic E-state index is -3.29. The zero-order valence-corrected chi connectivity index (χ0v) is 20.8. The third kappa shape index (κ3) is 5.17. The summed E-state index contributed by atoms with van der Waals surface area (Å²) in [6.45, 7) is 4.25. The summed E-state index contributed by atoms with van der Waals surface area (Å²) >= 11 is 55.8. The first-order valence-electron chi connectivity index (χ1n) is 5.65. The van der Waals surface area contributed by atoms with Gasteiger partial charge in [0.2, 0.25) is 0 Å². The van der Waals surface area contributed by atoms with Gasteiger partial charge in [-0.2, -0.15) is 0 Å². The largest absolute Gasteiger partial charge is 0.404 e. The van der Waals surface area contributed by atoms with Gasteiger partial charge in [0, 0.05) is 0 Å². The van der Waals surface area contributed by atoms with E-state index in [1.807, 2.05) is 20.5 Å². The van der Waals surface area contributed by atoms with Crippen LogP contribution in [0.15, 0.2) is 0 Å². The molecule has 1 saturated heterocycles. The lowest BCUT2D eigenvalue weighted by Crippen LogP contribution is -2.83. The van der Waals surface area contributed by atoms with Gasteiger partial charge in [0.25, 0.3) is 20.9 Å². The zero-order chi connectivity index (χ0) is 17.0. The van der Waals surface area contributed by atoms with E-state index in [9.17, 15) is 0 Å². The van der Waals surface area contributed by atoms with Gasteiger partial charge in [0.1, 0.15) is 0 Å². The first-order valence-corrected chi connectivity index (χ1v) is 20.6. The van der Waals surface area contributed by atoms with Crippen molar-refractivity contribution in [3.8, 4) is 0 Å². The van der Waals surface area contributed by atoms with Crippen LogP contribution in [0.2, 0.25) is 20.5 Å². The van der Waals surface area contributed by atoms with Crippen molar-refractivity contribution in [1.29, 1.82) is 0 Å². The fourth-order valence-electron chi connectivity index (χ4n) is 2.61. The Labute approximate surface area is 171 Å². The van der Waals surface area contributed by atoms with Crippen LogP contribution in [0.5, 0.6) is 0 Å². The van der Waals surface area contributed by atoms with Crippen molar-refractivity contribution in [3.63, 3.8) is 0 Å². The van der Waals surface area contributed by atoms with Crippen LogP contribution in [0.3, 0.4) is 0 Å². The monoisotopic (exact) mass is 519 g/mol. The molecule has 120 valence electrons. The summed E-state index contributed by atoms with van der Waals surface area (Å²) in [6, 6.07) is 0. The number of halogens is 9. The molecule has 0 amide bonds. The van der Waals surface area contributed by atoms with E-state index in [2.05, 4.69) is 0 Å². The van der Waals surface area contributed by atoms with E-state index < -0.39 is 39.4 Å². The summed E-state index contributed by atoms with van der Waals surface area (Å²) in [5.74, 6) is 0. The second-order valence-electron chi connectivity index (χ2n) is 4.52. The molecule has 0 aliphatic carbocycles. The topological polar surface area (TPSA) is 9.72 Å². The highest BCUT2D eigenvalue weighted by molar-refractivity contribution is 7.69. The van der Waals surface area contributed by atoms with E-state index in [0.717, 1.165) is 0 Å². The summed E-state index contributed by atoms with van der Waals surface area (Å²) in [6.07, 6.45) is -9.88. The summed E-state index contributed by atoms with van der Waals surface area (Å²) < 4.78 is 4.96. The highest BCUT2D eigenvalue weighted by Crippen LogP contribution is 2.41. The molecule has 18 heteroatoms. The molecule has 21 heavy (non-hydrogen) atoms. The lowest BCUT2D eigenvalue weighted by Gasteiger charge is -2.56. The van der Waals surface area contributed by atoms with Crippen LogP contribution in [0.4, 0.5) is 0 Å². The molecule has 0 aromatic heterocycles. The van der Waals surface area contributed by atoms with Gasteiger partial charge in [0.05, 0.1) is 0 Å². The highest BCUT2D eigenvalue weighted by atomic mass is 35.9. The van der Waals surface area contributed by atoms with Gasteiger partial charge in [0.15, 0.2) is 0 Å². The van der Waals surface area contributed by atoms with Crippen LogP contribution < -0.4 is 0 Å². The predicted octanol–water partition coefficient (Wildman–Crippen LogP) is 4.72. The molecule has 0 aromatic carbocycles. The smallest absolute Gasteiger partial charge is 0.344 e. The zero-order valence-electron chi connectivity index (χ0n) is 11.0. The molecular weight excluding hydrogens is 514 g/mol. The van der Waals surface area contributed by atoms with Gasteiger partial charge < -0.3 is 13.2 Å². The van der Waals surface area contributed by atoms with Crippen molar-refractivity contribution < 1.29 is 0 Å².